The van der Waals surface area contributed by atoms with Crippen LogP contribution in [0.5, 0.6) is 0 Å². The molecule has 0 bridgehead atoms. The first-order valence-corrected chi connectivity index (χ1v) is 18.0. The fourth-order valence-electron chi connectivity index (χ4n) is 7.32. The van der Waals surface area contributed by atoms with Crippen molar-refractivity contribution in [1.29, 1.82) is 0 Å². The molecule has 5 saturated carbocycles. The maximum absolute atomic E-state index is 7.32. The average Bonchev–Trinajstić information content (AvgIpc) is 2.91. The summed E-state index contributed by atoms with van der Waals surface area (Å²) in [5.41, 5.74) is 0. The first-order chi connectivity index (χ1) is 17.7. The summed E-state index contributed by atoms with van der Waals surface area (Å²) in [5, 5.41) is 0. The van der Waals surface area contributed by atoms with Crippen molar-refractivity contribution in [3.8, 4) is 0 Å². The van der Waals surface area contributed by atoms with Crippen molar-refractivity contribution < 1.29 is 22.6 Å². The molecule has 0 atom stereocenters. The van der Waals surface area contributed by atoms with Crippen LogP contribution in [-0.2, 0) is 22.6 Å². The van der Waals surface area contributed by atoms with Gasteiger partial charge in [-0.3, -0.25) is 0 Å². The Balaban J connectivity index is 1.52. The summed E-state index contributed by atoms with van der Waals surface area (Å²) >= 11 is 0. The molecule has 5 rings (SSSR count). The second-order valence-corrected chi connectivity index (χ2v) is 15.1. The quantitative estimate of drug-likeness (QED) is 0.265. The van der Waals surface area contributed by atoms with Gasteiger partial charge in [-0.05, 0) is 0 Å². The summed E-state index contributed by atoms with van der Waals surface area (Å²) < 4.78 is 36.6. The van der Waals surface area contributed by atoms with E-state index in [1.54, 1.807) is 0 Å². The third-order valence-corrected chi connectivity index (χ3v) is 12.6. The minimum absolute atomic E-state index is 0.121. The van der Waals surface area contributed by atoms with E-state index in [-0.39, 0.29) is 30.5 Å². The molecule has 0 aliphatic heterocycles. The molecule has 6 heteroatoms. The van der Waals surface area contributed by atoms with Crippen LogP contribution in [0.2, 0.25) is 0 Å². The van der Waals surface area contributed by atoms with E-state index in [1.807, 2.05) is 0 Å². The second kappa shape index (κ2) is 13.5. The van der Waals surface area contributed by atoms with Crippen molar-refractivity contribution in [2.75, 3.05) is 0 Å². The SMILES string of the molecule is C1CCC(OP(OC2CCCCC2)(OC2CCCCC2)(OC2CCCCC2)OC2CCCCC2)CC1. The Kier molecular flexibility index (Phi) is 10.4. The predicted molar refractivity (Wildman–Crippen MR) is 147 cm³/mol. The van der Waals surface area contributed by atoms with Crippen LogP contribution in [0.15, 0.2) is 0 Å². The van der Waals surface area contributed by atoms with Gasteiger partial charge >= 0.3 is 221 Å². The number of rotatable bonds is 10. The average molecular weight is 527 g/mol. The summed E-state index contributed by atoms with van der Waals surface area (Å²) in [6.07, 6.45) is 30.0. The Morgan fingerprint density at radius 2 is 0.417 bits per heavy atom. The van der Waals surface area contributed by atoms with Crippen molar-refractivity contribution in [1.82, 2.24) is 0 Å². The maximum atomic E-state index is 7.32. The van der Waals surface area contributed by atoms with E-state index in [2.05, 4.69) is 0 Å². The van der Waals surface area contributed by atoms with Crippen LogP contribution in [-0.4, -0.2) is 30.5 Å². The Morgan fingerprint density at radius 1 is 0.250 bits per heavy atom. The molecular formula is C30H55O5P. The van der Waals surface area contributed by atoms with Gasteiger partial charge in [0.05, 0.1) is 0 Å². The molecule has 0 aromatic carbocycles. The zero-order valence-electron chi connectivity index (χ0n) is 23.1. The first kappa shape index (κ1) is 27.8. The van der Waals surface area contributed by atoms with Crippen molar-refractivity contribution in [3.05, 3.63) is 0 Å². The molecular weight excluding hydrogens is 471 g/mol. The van der Waals surface area contributed by atoms with E-state index >= 15 is 0 Å². The molecule has 0 unspecified atom stereocenters. The summed E-state index contributed by atoms with van der Waals surface area (Å²) in [5.74, 6) is 0. The van der Waals surface area contributed by atoms with Gasteiger partial charge in [0.25, 0.3) is 0 Å². The van der Waals surface area contributed by atoms with Crippen LogP contribution in [0, 0.1) is 0 Å². The van der Waals surface area contributed by atoms with E-state index < -0.39 is 7.74 Å². The zero-order valence-corrected chi connectivity index (χ0v) is 23.9. The molecule has 0 heterocycles. The Hall–Kier alpha value is 0.230. The fourth-order valence-corrected chi connectivity index (χ4v) is 11.3. The van der Waals surface area contributed by atoms with Crippen molar-refractivity contribution in [2.45, 2.75) is 191 Å². The monoisotopic (exact) mass is 526 g/mol. The van der Waals surface area contributed by atoms with E-state index in [0.717, 1.165) is 64.2 Å². The van der Waals surface area contributed by atoms with Crippen LogP contribution in [0.4, 0.5) is 0 Å². The molecule has 36 heavy (non-hydrogen) atoms. The third-order valence-electron chi connectivity index (χ3n) is 9.37. The van der Waals surface area contributed by atoms with Crippen LogP contribution in [0.3, 0.4) is 0 Å². The molecule has 0 amide bonds. The fraction of sp³-hybridized carbons (Fsp3) is 1.00. The van der Waals surface area contributed by atoms with Gasteiger partial charge in [0, 0.05) is 0 Å². The second-order valence-electron chi connectivity index (χ2n) is 12.6. The summed E-state index contributed by atoms with van der Waals surface area (Å²) in [7, 11) is -4.30. The van der Waals surface area contributed by atoms with Crippen molar-refractivity contribution in [2.24, 2.45) is 0 Å². The molecule has 5 nitrogen and oxygen atoms in total. The summed E-state index contributed by atoms with van der Waals surface area (Å²) in [6.45, 7) is 0. The summed E-state index contributed by atoms with van der Waals surface area (Å²) in [6, 6.07) is 0. The molecule has 0 saturated heterocycles. The first-order valence-electron chi connectivity index (χ1n) is 16.2. The Morgan fingerprint density at radius 3 is 0.583 bits per heavy atom. The third kappa shape index (κ3) is 7.66. The normalized spacial score (nSPS) is 28.6. The van der Waals surface area contributed by atoms with Gasteiger partial charge < -0.3 is 0 Å². The molecule has 5 aliphatic carbocycles. The van der Waals surface area contributed by atoms with Crippen molar-refractivity contribution >= 4 is 7.74 Å². The van der Waals surface area contributed by atoms with Crippen LogP contribution >= 0.6 is 7.74 Å². The van der Waals surface area contributed by atoms with E-state index in [4.69, 9.17) is 22.6 Å². The molecule has 5 fully saturated rings. The van der Waals surface area contributed by atoms with Crippen LogP contribution in [0.1, 0.15) is 161 Å². The van der Waals surface area contributed by atoms with Crippen LogP contribution < -0.4 is 0 Å². The summed E-state index contributed by atoms with van der Waals surface area (Å²) in [4.78, 5) is 0. The minimum atomic E-state index is -4.30. The van der Waals surface area contributed by atoms with E-state index in [0.29, 0.717) is 0 Å². The van der Waals surface area contributed by atoms with Gasteiger partial charge in [0.1, 0.15) is 0 Å². The number of hydrogen-bond donors (Lipinski definition) is 0. The van der Waals surface area contributed by atoms with Gasteiger partial charge in [-0.1, -0.05) is 0 Å². The van der Waals surface area contributed by atoms with E-state index in [1.165, 1.54) is 96.3 Å². The van der Waals surface area contributed by atoms with Crippen LogP contribution in [0.25, 0.3) is 0 Å². The van der Waals surface area contributed by atoms with Gasteiger partial charge in [-0.15, -0.1) is 0 Å². The number of hydrogen-bond acceptors (Lipinski definition) is 5. The molecule has 0 N–H and O–H groups in total. The molecule has 210 valence electrons. The van der Waals surface area contributed by atoms with Crippen molar-refractivity contribution in [3.63, 3.8) is 0 Å². The Bertz CT molecular complexity index is 496. The predicted octanol–water partition coefficient (Wildman–Crippen LogP) is 9.86. The van der Waals surface area contributed by atoms with Gasteiger partial charge in [-0.2, -0.15) is 0 Å². The Labute approximate surface area is 221 Å². The van der Waals surface area contributed by atoms with Gasteiger partial charge in [-0.25, -0.2) is 0 Å². The molecule has 0 aromatic rings. The van der Waals surface area contributed by atoms with Gasteiger partial charge in [0.15, 0.2) is 0 Å². The van der Waals surface area contributed by atoms with Gasteiger partial charge in [0.2, 0.25) is 0 Å². The molecule has 0 aromatic heterocycles. The zero-order chi connectivity index (χ0) is 24.5. The topological polar surface area (TPSA) is 46.2 Å². The standard InChI is InChI=1S/C30H55O5P/c1-6-16-26(17-7-1)31-36(32-27-18-8-2-9-19-27,33-28-20-10-3-11-21-28,34-29-22-12-4-13-23-29)35-30-24-14-5-15-25-30/h26-30H,1-25H2. The molecule has 0 radical (unpaired) electrons. The van der Waals surface area contributed by atoms with E-state index in [9.17, 15) is 0 Å². The molecule has 5 aliphatic rings. The molecule has 0 spiro atoms.